The summed E-state index contributed by atoms with van der Waals surface area (Å²) >= 11 is 0. The highest BCUT2D eigenvalue weighted by Crippen LogP contribution is 2.31. The summed E-state index contributed by atoms with van der Waals surface area (Å²) in [6.45, 7) is 0.0423. The summed E-state index contributed by atoms with van der Waals surface area (Å²) in [5.41, 5.74) is 1.01. The molecule has 0 spiro atoms. The van der Waals surface area contributed by atoms with Crippen LogP contribution in [0.2, 0.25) is 0 Å². The van der Waals surface area contributed by atoms with Gasteiger partial charge in [-0.3, -0.25) is 20.2 Å². The van der Waals surface area contributed by atoms with Crippen molar-refractivity contribution in [2.24, 2.45) is 0 Å². The Morgan fingerprint density at radius 2 is 1.68 bits per heavy atom. The molecule has 0 saturated heterocycles. The number of non-ortho nitro benzene ring substituents is 1. The fourth-order valence-corrected chi connectivity index (χ4v) is 1.93. The van der Waals surface area contributed by atoms with Crippen molar-refractivity contribution in [3.8, 4) is 0 Å². The first-order chi connectivity index (χ1) is 10.5. The molecule has 114 valence electrons. The molecule has 0 aliphatic rings. The van der Waals surface area contributed by atoms with Gasteiger partial charge in [0.15, 0.2) is 0 Å². The molecule has 0 bridgehead atoms. The van der Waals surface area contributed by atoms with Crippen molar-refractivity contribution in [1.29, 1.82) is 0 Å². The van der Waals surface area contributed by atoms with Crippen molar-refractivity contribution in [2.75, 3.05) is 11.9 Å². The van der Waals surface area contributed by atoms with Gasteiger partial charge in [-0.05, 0) is 30.2 Å². The van der Waals surface area contributed by atoms with Crippen LogP contribution < -0.4 is 5.32 Å². The lowest BCUT2D eigenvalue weighted by molar-refractivity contribution is -0.393. The Bertz CT molecular complexity index is 700. The highest BCUT2D eigenvalue weighted by Gasteiger charge is 2.19. The Kier molecular flexibility index (Phi) is 4.64. The average Bonchev–Trinajstić information content (AvgIpc) is 2.49. The van der Waals surface area contributed by atoms with Crippen molar-refractivity contribution in [3.05, 3.63) is 68.3 Å². The molecule has 2 aromatic carbocycles. The number of hydrogen-bond acceptors (Lipinski definition) is 6. The van der Waals surface area contributed by atoms with E-state index in [1.165, 1.54) is 12.1 Å². The maximum absolute atomic E-state index is 11.0. The standard InChI is InChI=1S/C14H13N3O5/c18-8-7-10-1-3-11(4-2-10)15-13-6-5-12(16(19)20)9-14(13)17(21)22/h1-6,9,15,18H,7-8H2. The summed E-state index contributed by atoms with van der Waals surface area (Å²) in [6.07, 6.45) is 0.526. The highest BCUT2D eigenvalue weighted by molar-refractivity contribution is 5.71. The molecule has 22 heavy (non-hydrogen) atoms. The second-order valence-corrected chi connectivity index (χ2v) is 4.51. The van der Waals surface area contributed by atoms with Gasteiger partial charge in [-0.1, -0.05) is 12.1 Å². The normalized spacial score (nSPS) is 10.2. The largest absolute Gasteiger partial charge is 0.396 e. The molecule has 2 rings (SSSR count). The number of nitro benzene ring substituents is 2. The van der Waals surface area contributed by atoms with E-state index in [0.717, 1.165) is 11.6 Å². The third-order valence-corrected chi connectivity index (χ3v) is 3.02. The lowest BCUT2D eigenvalue weighted by atomic mass is 10.1. The van der Waals surface area contributed by atoms with Gasteiger partial charge in [0.1, 0.15) is 5.69 Å². The quantitative estimate of drug-likeness (QED) is 0.625. The highest BCUT2D eigenvalue weighted by atomic mass is 16.6. The zero-order valence-electron chi connectivity index (χ0n) is 11.4. The van der Waals surface area contributed by atoms with E-state index in [4.69, 9.17) is 5.11 Å². The summed E-state index contributed by atoms with van der Waals surface area (Å²) < 4.78 is 0. The molecular formula is C14H13N3O5. The molecule has 0 fully saturated rings. The lowest BCUT2D eigenvalue weighted by Crippen LogP contribution is -1.99. The van der Waals surface area contributed by atoms with Gasteiger partial charge < -0.3 is 10.4 Å². The Hall–Kier alpha value is -3.00. The summed E-state index contributed by atoms with van der Waals surface area (Å²) in [5.74, 6) is 0. The van der Waals surface area contributed by atoms with Crippen LogP contribution in [0.25, 0.3) is 0 Å². The van der Waals surface area contributed by atoms with Crippen LogP contribution in [0.1, 0.15) is 5.56 Å². The van der Waals surface area contributed by atoms with E-state index in [2.05, 4.69) is 5.32 Å². The number of benzene rings is 2. The van der Waals surface area contributed by atoms with Crippen LogP contribution in [0.15, 0.2) is 42.5 Å². The van der Waals surface area contributed by atoms with Gasteiger partial charge in [-0.25, -0.2) is 0 Å². The van der Waals surface area contributed by atoms with Crippen LogP contribution in [0.5, 0.6) is 0 Å². The summed E-state index contributed by atoms with van der Waals surface area (Å²) in [5, 5.41) is 33.4. The predicted molar refractivity (Wildman–Crippen MR) is 80.3 cm³/mol. The number of nitrogens with zero attached hydrogens (tertiary/aromatic N) is 2. The smallest absolute Gasteiger partial charge is 0.299 e. The van der Waals surface area contributed by atoms with E-state index in [9.17, 15) is 20.2 Å². The minimum Gasteiger partial charge on any atom is -0.396 e. The summed E-state index contributed by atoms with van der Waals surface area (Å²) in [7, 11) is 0. The molecule has 0 atom stereocenters. The molecule has 0 heterocycles. The van der Waals surface area contributed by atoms with E-state index in [1.54, 1.807) is 24.3 Å². The van der Waals surface area contributed by atoms with Crippen molar-refractivity contribution < 1.29 is 15.0 Å². The molecule has 0 amide bonds. The Labute approximate surface area is 125 Å². The minimum absolute atomic E-state index is 0.0423. The monoisotopic (exact) mass is 303 g/mol. The molecule has 0 aromatic heterocycles. The van der Waals surface area contributed by atoms with E-state index >= 15 is 0 Å². The average molecular weight is 303 g/mol. The van der Waals surface area contributed by atoms with Gasteiger partial charge in [0, 0.05) is 18.4 Å². The van der Waals surface area contributed by atoms with Gasteiger partial charge in [0.25, 0.3) is 11.4 Å². The van der Waals surface area contributed by atoms with Gasteiger partial charge in [0.05, 0.1) is 15.9 Å². The number of aliphatic hydroxyl groups is 1. The van der Waals surface area contributed by atoms with Crippen LogP contribution in [-0.2, 0) is 6.42 Å². The van der Waals surface area contributed by atoms with E-state index in [1.807, 2.05) is 0 Å². The first-order valence-corrected chi connectivity index (χ1v) is 6.41. The molecule has 2 N–H and O–H groups in total. The SMILES string of the molecule is O=[N+]([O-])c1ccc(Nc2ccc(CCO)cc2)c([N+](=O)[O-])c1. The third-order valence-electron chi connectivity index (χ3n) is 3.02. The van der Waals surface area contributed by atoms with Crippen LogP contribution in [0.4, 0.5) is 22.7 Å². The third kappa shape index (κ3) is 3.55. The Balaban J connectivity index is 2.28. The number of anilines is 2. The second-order valence-electron chi connectivity index (χ2n) is 4.51. The maximum Gasteiger partial charge on any atom is 0.299 e. The van der Waals surface area contributed by atoms with Gasteiger partial charge in [-0.15, -0.1) is 0 Å². The van der Waals surface area contributed by atoms with Crippen molar-refractivity contribution in [1.82, 2.24) is 0 Å². The zero-order chi connectivity index (χ0) is 16.1. The second kappa shape index (κ2) is 6.64. The maximum atomic E-state index is 11.0. The van der Waals surface area contributed by atoms with Crippen molar-refractivity contribution in [2.45, 2.75) is 6.42 Å². The minimum atomic E-state index is -0.680. The van der Waals surface area contributed by atoms with Crippen molar-refractivity contribution >= 4 is 22.7 Å². The summed E-state index contributed by atoms with van der Waals surface area (Å²) in [4.78, 5) is 20.4. The molecule has 0 radical (unpaired) electrons. The van der Waals surface area contributed by atoms with Crippen LogP contribution in [0, 0.1) is 20.2 Å². The van der Waals surface area contributed by atoms with Crippen LogP contribution in [-0.4, -0.2) is 21.6 Å². The summed E-state index contributed by atoms with van der Waals surface area (Å²) in [6, 6.07) is 10.4. The molecule has 2 aromatic rings. The molecule has 8 nitrogen and oxygen atoms in total. The molecule has 8 heteroatoms. The lowest BCUT2D eigenvalue weighted by Gasteiger charge is -2.08. The first kappa shape index (κ1) is 15.4. The number of rotatable bonds is 6. The fraction of sp³-hybridized carbons (Fsp3) is 0.143. The number of nitro groups is 2. The number of hydrogen-bond donors (Lipinski definition) is 2. The molecule has 0 saturated carbocycles. The number of aliphatic hydroxyl groups excluding tert-OH is 1. The van der Waals surface area contributed by atoms with Gasteiger partial charge >= 0.3 is 0 Å². The predicted octanol–water partition coefficient (Wildman–Crippen LogP) is 2.78. The van der Waals surface area contributed by atoms with E-state index in [-0.39, 0.29) is 23.7 Å². The molecule has 0 aliphatic heterocycles. The molecule has 0 unspecified atom stereocenters. The van der Waals surface area contributed by atoms with E-state index < -0.39 is 9.85 Å². The molecular weight excluding hydrogens is 290 g/mol. The van der Waals surface area contributed by atoms with Crippen LogP contribution in [0.3, 0.4) is 0 Å². The molecule has 0 aliphatic carbocycles. The Morgan fingerprint density at radius 3 is 2.23 bits per heavy atom. The van der Waals surface area contributed by atoms with Gasteiger partial charge in [0.2, 0.25) is 0 Å². The van der Waals surface area contributed by atoms with E-state index in [0.29, 0.717) is 12.1 Å². The Morgan fingerprint density at radius 1 is 1.00 bits per heavy atom. The zero-order valence-corrected chi connectivity index (χ0v) is 11.4. The van der Waals surface area contributed by atoms with Crippen LogP contribution >= 0.6 is 0 Å². The van der Waals surface area contributed by atoms with Gasteiger partial charge in [-0.2, -0.15) is 0 Å². The van der Waals surface area contributed by atoms with Crippen molar-refractivity contribution in [3.63, 3.8) is 0 Å². The first-order valence-electron chi connectivity index (χ1n) is 6.41. The number of nitrogens with one attached hydrogen (secondary N) is 1. The fourth-order valence-electron chi connectivity index (χ4n) is 1.93. The topological polar surface area (TPSA) is 119 Å².